The van der Waals surface area contributed by atoms with Gasteiger partial charge in [-0.2, -0.15) is 0 Å². The monoisotopic (exact) mass is 262 g/mol. The molecule has 1 rings (SSSR count). The van der Waals surface area contributed by atoms with Crippen molar-refractivity contribution in [2.24, 2.45) is 0 Å². The van der Waals surface area contributed by atoms with Crippen LogP contribution in [0.5, 0.6) is 0 Å². The van der Waals surface area contributed by atoms with Crippen molar-refractivity contribution in [3.05, 3.63) is 24.3 Å². The fourth-order valence-electron chi connectivity index (χ4n) is 2.32. The molecule has 0 saturated heterocycles. The summed E-state index contributed by atoms with van der Waals surface area (Å²) < 4.78 is 0. The standard InChI is InChI=1S/C17H30N2/c1-2-3-4-5-6-7-8-9-10-11-12-13-14-17-15-18-16-19-17/h13-16H,2-12H2,1H3,(H,18,19)/b14-13+. The summed E-state index contributed by atoms with van der Waals surface area (Å²) in [5.74, 6) is 0. The molecule has 1 N–H and O–H groups in total. The molecule has 0 aliphatic rings. The third-order valence-corrected chi connectivity index (χ3v) is 3.54. The first-order chi connectivity index (χ1) is 9.43. The quantitative estimate of drug-likeness (QED) is 0.478. The lowest BCUT2D eigenvalue weighted by Crippen LogP contribution is -1.81. The summed E-state index contributed by atoms with van der Waals surface area (Å²) in [7, 11) is 0. The molecule has 1 aromatic rings. The summed E-state index contributed by atoms with van der Waals surface area (Å²) >= 11 is 0. The molecule has 0 radical (unpaired) electrons. The number of hydrogen-bond donors (Lipinski definition) is 1. The molecule has 2 heteroatoms. The van der Waals surface area contributed by atoms with Crippen LogP contribution in [0.2, 0.25) is 0 Å². The Morgan fingerprint density at radius 2 is 1.58 bits per heavy atom. The molecule has 0 aliphatic carbocycles. The van der Waals surface area contributed by atoms with Crippen molar-refractivity contribution < 1.29 is 0 Å². The Morgan fingerprint density at radius 3 is 2.16 bits per heavy atom. The topological polar surface area (TPSA) is 28.7 Å². The number of allylic oxidation sites excluding steroid dienone is 1. The molecule has 0 fully saturated rings. The Balaban J connectivity index is 1.79. The van der Waals surface area contributed by atoms with Gasteiger partial charge < -0.3 is 4.98 Å². The zero-order valence-corrected chi connectivity index (χ0v) is 12.5. The van der Waals surface area contributed by atoms with Crippen LogP contribution in [0.1, 0.15) is 83.2 Å². The van der Waals surface area contributed by atoms with E-state index in [1.807, 2.05) is 6.20 Å². The van der Waals surface area contributed by atoms with Crippen LogP contribution in [0.3, 0.4) is 0 Å². The van der Waals surface area contributed by atoms with Crippen molar-refractivity contribution in [3.8, 4) is 0 Å². The van der Waals surface area contributed by atoms with Gasteiger partial charge in [-0.25, -0.2) is 4.98 Å². The van der Waals surface area contributed by atoms with Gasteiger partial charge in [0.05, 0.1) is 18.2 Å². The van der Waals surface area contributed by atoms with Gasteiger partial charge >= 0.3 is 0 Å². The number of imidazole rings is 1. The predicted molar refractivity (Wildman–Crippen MR) is 84.1 cm³/mol. The SMILES string of the molecule is CCCCCCCCCCCC/C=C/c1cnc[nH]1. The maximum absolute atomic E-state index is 3.99. The number of nitrogens with one attached hydrogen (secondary N) is 1. The van der Waals surface area contributed by atoms with E-state index in [-0.39, 0.29) is 0 Å². The number of aromatic amines is 1. The van der Waals surface area contributed by atoms with Crippen LogP contribution >= 0.6 is 0 Å². The molecule has 0 amide bonds. The zero-order valence-electron chi connectivity index (χ0n) is 12.5. The summed E-state index contributed by atoms with van der Waals surface area (Å²) in [4.78, 5) is 7.07. The lowest BCUT2D eigenvalue weighted by atomic mass is 10.1. The Labute approximate surface area is 118 Å². The van der Waals surface area contributed by atoms with Crippen LogP contribution in [0, 0.1) is 0 Å². The Morgan fingerprint density at radius 1 is 0.947 bits per heavy atom. The lowest BCUT2D eigenvalue weighted by Gasteiger charge is -2.01. The Kier molecular flexibility index (Phi) is 10.1. The zero-order chi connectivity index (χ0) is 13.6. The minimum absolute atomic E-state index is 1.10. The number of H-pyrrole nitrogens is 1. The van der Waals surface area contributed by atoms with Crippen molar-refractivity contribution in [3.63, 3.8) is 0 Å². The van der Waals surface area contributed by atoms with E-state index in [1.165, 1.54) is 70.6 Å². The maximum atomic E-state index is 3.99. The smallest absolute Gasteiger partial charge is 0.0924 e. The molecule has 2 nitrogen and oxygen atoms in total. The van der Waals surface area contributed by atoms with Gasteiger partial charge in [-0.15, -0.1) is 0 Å². The van der Waals surface area contributed by atoms with Crippen molar-refractivity contribution in [2.75, 3.05) is 0 Å². The van der Waals surface area contributed by atoms with E-state index in [0.717, 1.165) is 5.69 Å². The summed E-state index contributed by atoms with van der Waals surface area (Å²) in [5, 5.41) is 0. The Hall–Kier alpha value is -1.05. The summed E-state index contributed by atoms with van der Waals surface area (Å²) in [6.45, 7) is 2.28. The molecular weight excluding hydrogens is 232 g/mol. The van der Waals surface area contributed by atoms with Crippen LogP contribution in [0.25, 0.3) is 6.08 Å². The molecule has 0 aromatic carbocycles. The highest BCUT2D eigenvalue weighted by Gasteiger charge is 1.92. The van der Waals surface area contributed by atoms with Gasteiger partial charge in [0.1, 0.15) is 0 Å². The van der Waals surface area contributed by atoms with Gasteiger partial charge in [-0.1, -0.05) is 70.8 Å². The van der Waals surface area contributed by atoms with Gasteiger partial charge in [-0.3, -0.25) is 0 Å². The molecule has 108 valence electrons. The minimum Gasteiger partial charge on any atom is -0.345 e. The molecular formula is C17H30N2. The van der Waals surface area contributed by atoms with E-state index >= 15 is 0 Å². The Bertz CT molecular complexity index is 301. The van der Waals surface area contributed by atoms with E-state index in [0.29, 0.717) is 0 Å². The number of rotatable bonds is 12. The predicted octanol–water partition coefficient (Wildman–Crippen LogP) is 5.73. The third kappa shape index (κ3) is 9.52. The number of aromatic nitrogens is 2. The molecule has 0 aliphatic heterocycles. The second kappa shape index (κ2) is 12.0. The molecule has 1 aromatic heterocycles. The van der Waals surface area contributed by atoms with Crippen molar-refractivity contribution >= 4 is 6.08 Å². The summed E-state index contributed by atoms with van der Waals surface area (Å²) in [6, 6.07) is 0. The van der Waals surface area contributed by atoms with Crippen LogP contribution in [-0.2, 0) is 0 Å². The molecule has 0 unspecified atom stereocenters. The number of hydrogen-bond acceptors (Lipinski definition) is 1. The minimum atomic E-state index is 1.10. The highest BCUT2D eigenvalue weighted by Crippen LogP contribution is 2.11. The fraction of sp³-hybridized carbons (Fsp3) is 0.706. The van der Waals surface area contributed by atoms with Gasteiger partial charge in [-0.05, 0) is 18.9 Å². The average molecular weight is 262 g/mol. The molecule has 1 heterocycles. The maximum Gasteiger partial charge on any atom is 0.0924 e. The number of nitrogens with zero attached hydrogens (tertiary/aromatic N) is 1. The first-order valence-corrected chi connectivity index (χ1v) is 8.08. The van der Waals surface area contributed by atoms with E-state index in [1.54, 1.807) is 6.33 Å². The number of unbranched alkanes of at least 4 members (excludes halogenated alkanes) is 10. The van der Waals surface area contributed by atoms with Crippen molar-refractivity contribution in [2.45, 2.75) is 77.6 Å². The first kappa shape index (κ1) is 16.0. The van der Waals surface area contributed by atoms with E-state index in [4.69, 9.17) is 0 Å². The van der Waals surface area contributed by atoms with E-state index < -0.39 is 0 Å². The van der Waals surface area contributed by atoms with Gasteiger partial charge in [0, 0.05) is 0 Å². The summed E-state index contributed by atoms with van der Waals surface area (Å²) in [6.07, 6.45) is 23.2. The average Bonchev–Trinajstić information content (AvgIpc) is 2.93. The van der Waals surface area contributed by atoms with Gasteiger partial charge in [0.25, 0.3) is 0 Å². The van der Waals surface area contributed by atoms with Gasteiger partial charge in [0.2, 0.25) is 0 Å². The van der Waals surface area contributed by atoms with Crippen LogP contribution in [-0.4, -0.2) is 9.97 Å². The van der Waals surface area contributed by atoms with Crippen molar-refractivity contribution in [1.29, 1.82) is 0 Å². The van der Waals surface area contributed by atoms with Crippen LogP contribution < -0.4 is 0 Å². The van der Waals surface area contributed by atoms with Crippen LogP contribution in [0.4, 0.5) is 0 Å². The third-order valence-electron chi connectivity index (χ3n) is 3.54. The second-order valence-electron chi connectivity index (χ2n) is 5.38. The molecule has 0 saturated carbocycles. The largest absolute Gasteiger partial charge is 0.345 e. The second-order valence-corrected chi connectivity index (χ2v) is 5.38. The van der Waals surface area contributed by atoms with Crippen LogP contribution in [0.15, 0.2) is 18.6 Å². The lowest BCUT2D eigenvalue weighted by molar-refractivity contribution is 0.558. The molecule has 19 heavy (non-hydrogen) atoms. The van der Waals surface area contributed by atoms with E-state index in [2.05, 4.69) is 29.0 Å². The first-order valence-electron chi connectivity index (χ1n) is 8.08. The normalized spacial score (nSPS) is 11.4. The highest BCUT2D eigenvalue weighted by atomic mass is 14.8. The molecule has 0 spiro atoms. The highest BCUT2D eigenvalue weighted by molar-refractivity contribution is 5.42. The fourth-order valence-corrected chi connectivity index (χ4v) is 2.32. The molecule has 0 bridgehead atoms. The summed E-state index contributed by atoms with van der Waals surface area (Å²) in [5.41, 5.74) is 1.10. The van der Waals surface area contributed by atoms with E-state index in [9.17, 15) is 0 Å². The van der Waals surface area contributed by atoms with Crippen molar-refractivity contribution in [1.82, 2.24) is 9.97 Å². The van der Waals surface area contributed by atoms with Gasteiger partial charge in [0.15, 0.2) is 0 Å². The molecule has 0 atom stereocenters.